The summed E-state index contributed by atoms with van der Waals surface area (Å²) < 4.78 is 13.6. The van der Waals surface area contributed by atoms with Gasteiger partial charge in [-0.3, -0.25) is 9.63 Å². The first kappa shape index (κ1) is 14.4. The van der Waals surface area contributed by atoms with Gasteiger partial charge in [-0.1, -0.05) is 12.1 Å². The number of benzene rings is 1. The molecule has 1 N–H and O–H groups in total. The van der Waals surface area contributed by atoms with Crippen LogP contribution in [0.15, 0.2) is 24.3 Å². The highest BCUT2D eigenvalue weighted by Crippen LogP contribution is 2.39. The fraction of sp³-hybridized carbons (Fsp3) is 0.500. The van der Waals surface area contributed by atoms with Crippen molar-refractivity contribution in [2.24, 2.45) is 5.92 Å². The second-order valence-corrected chi connectivity index (χ2v) is 6.62. The molecule has 2 saturated heterocycles. The number of nitrogens with zero attached hydrogens (tertiary/aromatic N) is 2. The Balaban J connectivity index is 1.33. The molecule has 1 aromatic carbocycles. The number of para-hydroxylation sites is 1. The van der Waals surface area contributed by atoms with E-state index >= 15 is 0 Å². The maximum absolute atomic E-state index is 13.6. The number of likely N-dealkylation sites (tertiary alicyclic amines) is 1. The van der Waals surface area contributed by atoms with Crippen molar-refractivity contribution in [3.05, 3.63) is 30.1 Å². The van der Waals surface area contributed by atoms with Crippen LogP contribution in [0, 0.1) is 11.7 Å². The molecular formula is C16H18FN3O3. The van der Waals surface area contributed by atoms with Crippen molar-refractivity contribution in [1.82, 2.24) is 9.96 Å². The number of hydrogen-bond acceptors (Lipinski definition) is 3. The van der Waals surface area contributed by atoms with E-state index in [9.17, 15) is 14.0 Å². The molecule has 1 saturated carbocycles. The van der Waals surface area contributed by atoms with Crippen LogP contribution in [0.5, 0.6) is 0 Å². The van der Waals surface area contributed by atoms with Gasteiger partial charge in [0.25, 0.3) is 0 Å². The molecule has 2 aliphatic heterocycles. The Morgan fingerprint density at radius 1 is 1.35 bits per heavy atom. The molecular weight excluding hydrogens is 301 g/mol. The highest BCUT2D eigenvalue weighted by atomic mass is 19.1. The molecule has 1 aliphatic carbocycles. The van der Waals surface area contributed by atoms with Crippen LogP contribution < -0.4 is 5.32 Å². The van der Waals surface area contributed by atoms with Crippen LogP contribution in [0.1, 0.15) is 19.3 Å². The minimum absolute atomic E-state index is 0.00828. The van der Waals surface area contributed by atoms with E-state index < -0.39 is 11.4 Å². The van der Waals surface area contributed by atoms with Crippen molar-refractivity contribution in [3.63, 3.8) is 0 Å². The van der Waals surface area contributed by atoms with Crippen LogP contribution in [0.4, 0.5) is 14.9 Å². The summed E-state index contributed by atoms with van der Waals surface area (Å²) in [5, 5.41) is 4.00. The van der Waals surface area contributed by atoms with E-state index in [1.54, 1.807) is 12.1 Å². The molecule has 2 heterocycles. The van der Waals surface area contributed by atoms with Gasteiger partial charge >= 0.3 is 6.03 Å². The SMILES string of the molecule is O=C(Nc1ccccc1F)N1CC2(CC(=O)N(CC3CC3)O2)C1. The van der Waals surface area contributed by atoms with Crippen LogP contribution in [0.25, 0.3) is 0 Å². The minimum Gasteiger partial charge on any atom is -0.318 e. The highest BCUT2D eigenvalue weighted by Gasteiger charge is 2.55. The van der Waals surface area contributed by atoms with Crippen molar-refractivity contribution >= 4 is 17.6 Å². The molecule has 1 aromatic rings. The third kappa shape index (κ3) is 2.76. The van der Waals surface area contributed by atoms with Gasteiger partial charge in [0.15, 0.2) is 0 Å². The van der Waals surface area contributed by atoms with E-state index in [2.05, 4.69) is 5.32 Å². The molecule has 0 bridgehead atoms. The molecule has 7 heteroatoms. The standard InChI is InChI=1S/C16H18FN3O3/c17-12-3-1-2-4-13(12)18-15(22)19-9-16(10-19)7-14(21)20(23-16)8-11-5-6-11/h1-4,11H,5-10H2,(H,18,22). The summed E-state index contributed by atoms with van der Waals surface area (Å²) in [7, 11) is 0. The first-order valence-electron chi connectivity index (χ1n) is 7.85. The van der Waals surface area contributed by atoms with Crippen molar-refractivity contribution < 1.29 is 18.8 Å². The lowest BCUT2D eigenvalue weighted by molar-refractivity contribution is -0.229. The van der Waals surface area contributed by atoms with Crippen LogP contribution in [-0.4, -0.2) is 47.1 Å². The minimum atomic E-state index is -0.585. The zero-order valence-corrected chi connectivity index (χ0v) is 12.6. The Kier molecular flexibility index (Phi) is 3.26. The van der Waals surface area contributed by atoms with Gasteiger partial charge in [-0.15, -0.1) is 0 Å². The molecule has 1 spiro atoms. The first-order chi connectivity index (χ1) is 11.0. The second-order valence-electron chi connectivity index (χ2n) is 6.62. The topological polar surface area (TPSA) is 61.9 Å². The zero-order valence-electron chi connectivity index (χ0n) is 12.6. The lowest BCUT2D eigenvalue weighted by Gasteiger charge is -2.45. The third-order valence-electron chi connectivity index (χ3n) is 4.54. The summed E-state index contributed by atoms with van der Waals surface area (Å²) in [5.41, 5.74) is -0.435. The van der Waals surface area contributed by atoms with E-state index in [0.29, 0.717) is 32.0 Å². The van der Waals surface area contributed by atoms with Crippen LogP contribution >= 0.6 is 0 Å². The molecule has 4 rings (SSSR count). The number of hydrogen-bond donors (Lipinski definition) is 1. The maximum atomic E-state index is 13.6. The Morgan fingerprint density at radius 2 is 2.09 bits per heavy atom. The largest absolute Gasteiger partial charge is 0.322 e. The maximum Gasteiger partial charge on any atom is 0.322 e. The van der Waals surface area contributed by atoms with E-state index in [-0.39, 0.29) is 17.6 Å². The number of hydroxylamine groups is 2. The van der Waals surface area contributed by atoms with Gasteiger partial charge in [0.1, 0.15) is 11.4 Å². The molecule has 0 aromatic heterocycles. The Morgan fingerprint density at radius 3 is 2.78 bits per heavy atom. The number of anilines is 1. The van der Waals surface area contributed by atoms with Crippen molar-refractivity contribution in [2.75, 3.05) is 25.0 Å². The molecule has 6 nitrogen and oxygen atoms in total. The molecule has 3 fully saturated rings. The summed E-state index contributed by atoms with van der Waals surface area (Å²) in [4.78, 5) is 31.4. The fourth-order valence-electron chi connectivity index (χ4n) is 3.07. The van der Waals surface area contributed by atoms with Crippen LogP contribution in [0.3, 0.4) is 0 Å². The molecule has 0 unspecified atom stereocenters. The predicted molar refractivity (Wildman–Crippen MR) is 79.9 cm³/mol. The fourth-order valence-corrected chi connectivity index (χ4v) is 3.07. The van der Waals surface area contributed by atoms with Gasteiger partial charge in [0, 0.05) is 0 Å². The summed E-state index contributed by atoms with van der Waals surface area (Å²) in [6, 6.07) is 5.65. The van der Waals surface area contributed by atoms with E-state index in [4.69, 9.17) is 4.84 Å². The average molecular weight is 319 g/mol. The quantitative estimate of drug-likeness (QED) is 0.927. The number of nitrogens with one attached hydrogen (secondary N) is 1. The summed E-state index contributed by atoms with van der Waals surface area (Å²) >= 11 is 0. The van der Waals surface area contributed by atoms with Gasteiger partial charge in [-0.25, -0.2) is 14.2 Å². The number of carbonyl (C=O) groups is 2. The summed E-state index contributed by atoms with van der Waals surface area (Å²) in [6.07, 6.45) is 2.61. The first-order valence-corrected chi connectivity index (χ1v) is 7.85. The van der Waals surface area contributed by atoms with Gasteiger partial charge in [0.05, 0.1) is 31.7 Å². The number of urea groups is 1. The molecule has 0 radical (unpaired) electrons. The highest BCUT2D eigenvalue weighted by molar-refractivity contribution is 5.90. The molecule has 23 heavy (non-hydrogen) atoms. The molecule has 3 amide bonds. The number of rotatable bonds is 3. The Labute approximate surface area is 133 Å². The van der Waals surface area contributed by atoms with Crippen LogP contribution in [-0.2, 0) is 9.63 Å². The van der Waals surface area contributed by atoms with Crippen LogP contribution in [0.2, 0.25) is 0 Å². The van der Waals surface area contributed by atoms with E-state index in [1.807, 2.05) is 0 Å². The number of amides is 3. The molecule has 0 atom stereocenters. The second kappa shape index (κ2) is 5.19. The van der Waals surface area contributed by atoms with Gasteiger partial charge in [0.2, 0.25) is 5.91 Å². The Hall–Kier alpha value is -2.15. The molecule has 122 valence electrons. The van der Waals surface area contributed by atoms with E-state index in [1.165, 1.54) is 22.1 Å². The normalized spacial score (nSPS) is 22.4. The smallest absolute Gasteiger partial charge is 0.318 e. The zero-order chi connectivity index (χ0) is 16.0. The van der Waals surface area contributed by atoms with E-state index in [0.717, 1.165) is 12.8 Å². The van der Waals surface area contributed by atoms with Gasteiger partial charge in [-0.2, -0.15) is 0 Å². The third-order valence-corrected chi connectivity index (χ3v) is 4.54. The van der Waals surface area contributed by atoms with Crippen molar-refractivity contribution in [3.8, 4) is 0 Å². The predicted octanol–water partition coefficient (Wildman–Crippen LogP) is 1.99. The number of carbonyl (C=O) groups excluding carboxylic acids is 2. The number of halogens is 1. The molecule has 3 aliphatic rings. The monoisotopic (exact) mass is 319 g/mol. The lowest BCUT2D eigenvalue weighted by atomic mass is 9.91. The van der Waals surface area contributed by atoms with Crippen molar-refractivity contribution in [2.45, 2.75) is 24.9 Å². The summed E-state index contributed by atoms with van der Waals surface area (Å²) in [5.74, 6) is 0.0830. The Bertz CT molecular complexity index is 656. The average Bonchev–Trinajstić information content (AvgIpc) is 3.23. The summed E-state index contributed by atoms with van der Waals surface area (Å²) in [6.45, 7) is 1.35. The van der Waals surface area contributed by atoms with Gasteiger partial charge in [-0.05, 0) is 30.9 Å². The lowest BCUT2D eigenvalue weighted by Crippen LogP contribution is -2.64. The van der Waals surface area contributed by atoms with Gasteiger partial charge < -0.3 is 10.2 Å². The van der Waals surface area contributed by atoms with Crippen molar-refractivity contribution in [1.29, 1.82) is 0 Å².